The molecule has 0 saturated heterocycles. The number of nitrogens with zero attached hydrogens (tertiary/aromatic N) is 1. The van der Waals surface area contributed by atoms with E-state index in [0.29, 0.717) is 6.04 Å². The van der Waals surface area contributed by atoms with Crippen molar-refractivity contribution < 1.29 is 0 Å². The summed E-state index contributed by atoms with van der Waals surface area (Å²) in [7, 11) is 0. The Morgan fingerprint density at radius 1 is 1.32 bits per heavy atom. The van der Waals surface area contributed by atoms with Crippen molar-refractivity contribution in [2.45, 2.75) is 38.6 Å². The van der Waals surface area contributed by atoms with Gasteiger partial charge in [-0.05, 0) is 30.9 Å². The van der Waals surface area contributed by atoms with Crippen molar-refractivity contribution in [2.75, 3.05) is 5.32 Å². The number of hydrogen-bond donors (Lipinski definition) is 1. The topological polar surface area (TPSA) is 24.9 Å². The van der Waals surface area contributed by atoms with Crippen LogP contribution in [0.25, 0.3) is 10.6 Å². The SMILES string of the molecule is CC1CCCC(Nc2cccc(-c3nccs3)c2)C1. The fourth-order valence-electron chi connectivity index (χ4n) is 2.91. The first-order valence-corrected chi connectivity index (χ1v) is 7.96. The Morgan fingerprint density at radius 3 is 3.05 bits per heavy atom. The molecular weight excluding hydrogens is 252 g/mol. The molecule has 1 N–H and O–H groups in total. The zero-order chi connectivity index (χ0) is 13.1. The van der Waals surface area contributed by atoms with Crippen LogP contribution in [0.4, 0.5) is 5.69 Å². The summed E-state index contributed by atoms with van der Waals surface area (Å²) in [6, 6.07) is 9.27. The van der Waals surface area contributed by atoms with Gasteiger partial charge >= 0.3 is 0 Å². The van der Waals surface area contributed by atoms with Crippen molar-refractivity contribution in [2.24, 2.45) is 5.92 Å². The molecule has 1 aliphatic carbocycles. The highest BCUT2D eigenvalue weighted by Crippen LogP contribution is 2.28. The lowest BCUT2D eigenvalue weighted by Gasteiger charge is -2.28. The van der Waals surface area contributed by atoms with E-state index in [1.807, 2.05) is 11.6 Å². The molecule has 0 amide bonds. The molecule has 1 heterocycles. The fourth-order valence-corrected chi connectivity index (χ4v) is 3.54. The maximum Gasteiger partial charge on any atom is 0.123 e. The summed E-state index contributed by atoms with van der Waals surface area (Å²) in [6.07, 6.45) is 7.19. The van der Waals surface area contributed by atoms with Crippen LogP contribution in [0, 0.1) is 5.92 Å². The minimum absolute atomic E-state index is 0.635. The highest BCUT2D eigenvalue weighted by atomic mass is 32.1. The minimum atomic E-state index is 0.635. The number of hydrogen-bond acceptors (Lipinski definition) is 3. The molecule has 0 aliphatic heterocycles. The van der Waals surface area contributed by atoms with Crippen molar-refractivity contribution in [3.63, 3.8) is 0 Å². The molecule has 2 unspecified atom stereocenters. The molecule has 2 atom stereocenters. The molecule has 1 aromatic carbocycles. The van der Waals surface area contributed by atoms with Crippen molar-refractivity contribution in [3.05, 3.63) is 35.8 Å². The van der Waals surface area contributed by atoms with Gasteiger partial charge in [-0.1, -0.05) is 31.9 Å². The van der Waals surface area contributed by atoms with Gasteiger partial charge in [0, 0.05) is 28.9 Å². The average molecular weight is 272 g/mol. The fraction of sp³-hybridized carbons (Fsp3) is 0.438. The van der Waals surface area contributed by atoms with Gasteiger partial charge in [0.1, 0.15) is 5.01 Å². The Labute approximate surface area is 118 Å². The molecule has 1 aliphatic rings. The monoisotopic (exact) mass is 272 g/mol. The Morgan fingerprint density at radius 2 is 2.26 bits per heavy atom. The maximum atomic E-state index is 4.38. The normalized spacial score (nSPS) is 23.2. The van der Waals surface area contributed by atoms with E-state index in [-0.39, 0.29) is 0 Å². The third kappa shape index (κ3) is 3.16. The maximum absolute atomic E-state index is 4.38. The van der Waals surface area contributed by atoms with Crippen LogP contribution in [-0.4, -0.2) is 11.0 Å². The second-order valence-electron chi connectivity index (χ2n) is 5.53. The summed E-state index contributed by atoms with van der Waals surface area (Å²) in [6.45, 7) is 2.36. The first kappa shape index (κ1) is 12.7. The number of thiazole rings is 1. The standard InChI is InChI=1S/C16H20N2S/c1-12-4-2-6-14(10-12)18-15-7-3-5-13(11-15)16-17-8-9-19-16/h3,5,7-9,11-12,14,18H,2,4,6,10H2,1H3. The smallest absolute Gasteiger partial charge is 0.123 e. The summed E-state index contributed by atoms with van der Waals surface area (Å²) in [5.41, 5.74) is 2.44. The van der Waals surface area contributed by atoms with Crippen molar-refractivity contribution >= 4 is 17.0 Å². The highest BCUT2D eigenvalue weighted by Gasteiger charge is 2.18. The predicted molar refractivity (Wildman–Crippen MR) is 82.6 cm³/mol. The molecule has 0 bridgehead atoms. The Bertz CT molecular complexity index is 521. The molecule has 1 saturated carbocycles. The quantitative estimate of drug-likeness (QED) is 0.868. The van der Waals surface area contributed by atoms with Gasteiger partial charge in [-0.2, -0.15) is 0 Å². The van der Waals surface area contributed by atoms with E-state index < -0.39 is 0 Å². The van der Waals surface area contributed by atoms with E-state index in [2.05, 4.69) is 41.5 Å². The zero-order valence-corrected chi connectivity index (χ0v) is 12.1. The number of rotatable bonds is 3. The van der Waals surface area contributed by atoms with Crippen LogP contribution in [0.2, 0.25) is 0 Å². The van der Waals surface area contributed by atoms with E-state index in [9.17, 15) is 0 Å². The predicted octanol–water partition coefficient (Wildman–Crippen LogP) is 4.80. The van der Waals surface area contributed by atoms with Gasteiger partial charge in [-0.3, -0.25) is 0 Å². The van der Waals surface area contributed by atoms with Crippen LogP contribution in [0.1, 0.15) is 32.6 Å². The van der Waals surface area contributed by atoms with E-state index in [4.69, 9.17) is 0 Å². The largest absolute Gasteiger partial charge is 0.382 e. The van der Waals surface area contributed by atoms with Crippen LogP contribution in [0.3, 0.4) is 0 Å². The molecule has 100 valence electrons. The molecule has 1 aromatic heterocycles. The van der Waals surface area contributed by atoms with Crippen LogP contribution in [0.15, 0.2) is 35.8 Å². The summed E-state index contributed by atoms with van der Waals surface area (Å²) in [4.78, 5) is 4.38. The Balaban J connectivity index is 1.73. The van der Waals surface area contributed by atoms with Crippen LogP contribution in [-0.2, 0) is 0 Å². The molecule has 19 heavy (non-hydrogen) atoms. The van der Waals surface area contributed by atoms with E-state index in [0.717, 1.165) is 10.9 Å². The van der Waals surface area contributed by atoms with E-state index in [1.165, 1.54) is 36.9 Å². The lowest BCUT2D eigenvalue weighted by Crippen LogP contribution is -2.26. The first-order valence-electron chi connectivity index (χ1n) is 7.08. The average Bonchev–Trinajstić information content (AvgIpc) is 2.93. The molecule has 3 heteroatoms. The third-order valence-corrected chi connectivity index (χ3v) is 4.67. The molecule has 0 spiro atoms. The van der Waals surface area contributed by atoms with Gasteiger partial charge in [-0.15, -0.1) is 11.3 Å². The minimum Gasteiger partial charge on any atom is -0.382 e. The summed E-state index contributed by atoms with van der Waals surface area (Å²) in [5, 5.41) is 6.81. The summed E-state index contributed by atoms with van der Waals surface area (Å²) >= 11 is 1.69. The number of aromatic nitrogens is 1. The first-order chi connectivity index (χ1) is 9.31. The highest BCUT2D eigenvalue weighted by molar-refractivity contribution is 7.13. The van der Waals surface area contributed by atoms with Gasteiger partial charge in [0.05, 0.1) is 0 Å². The van der Waals surface area contributed by atoms with Crippen molar-refractivity contribution in [3.8, 4) is 10.6 Å². The number of anilines is 1. The summed E-state index contributed by atoms with van der Waals surface area (Å²) in [5.74, 6) is 0.855. The van der Waals surface area contributed by atoms with Gasteiger partial charge in [-0.25, -0.2) is 4.98 Å². The van der Waals surface area contributed by atoms with E-state index >= 15 is 0 Å². The van der Waals surface area contributed by atoms with Gasteiger partial charge < -0.3 is 5.32 Å². The molecule has 3 rings (SSSR count). The molecule has 2 aromatic rings. The zero-order valence-electron chi connectivity index (χ0n) is 11.3. The van der Waals surface area contributed by atoms with Gasteiger partial charge in [0.25, 0.3) is 0 Å². The van der Waals surface area contributed by atoms with Gasteiger partial charge in [0.2, 0.25) is 0 Å². The molecular formula is C16H20N2S. The second kappa shape index (κ2) is 5.74. The van der Waals surface area contributed by atoms with Crippen molar-refractivity contribution in [1.82, 2.24) is 4.98 Å². The van der Waals surface area contributed by atoms with Crippen LogP contribution < -0.4 is 5.32 Å². The Hall–Kier alpha value is -1.35. The summed E-state index contributed by atoms with van der Waals surface area (Å²) < 4.78 is 0. The number of nitrogens with one attached hydrogen (secondary N) is 1. The van der Waals surface area contributed by atoms with Gasteiger partial charge in [0.15, 0.2) is 0 Å². The molecule has 0 radical (unpaired) electrons. The van der Waals surface area contributed by atoms with Crippen molar-refractivity contribution in [1.29, 1.82) is 0 Å². The number of benzene rings is 1. The third-order valence-electron chi connectivity index (χ3n) is 3.85. The molecule has 1 fully saturated rings. The lowest BCUT2D eigenvalue weighted by molar-refractivity contribution is 0.358. The van der Waals surface area contributed by atoms with Crippen LogP contribution >= 0.6 is 11.3 Å². The van der Waals surface area contributed by atoms with Crippen LogP contribution in [0.5, 0.6) is 0 Å². The lowest BCUT2D eigenvalue weighted by atomic mass is 9.87. The second-order valence-corrected chi connectivity index (χ2v) is 6.43. The van der Waals surface area contributed by atoms with E-state index in [1.54, 1.807) is 11.3 Å². The molecule has 2 nitrogen and oxygen atoms in total. The Kier molecular flexibility index (Phi) is 3.83.